The first-order chi connectivity index (χ1) is 8.69. The maximum Gasteiger partial charge on any atom is 0.356 e. The lowest BCUT2D eigenvalue weighted by molar-refractivity contribution is -0.239. The van der Waals surface area contributed by atoms with Crippen molar-refractivity contribution in [1.82, 2.24) is 0 Å². The number of carbonyl (C=O) groups excluding carboxylic acids is 2. The van der Waals surface area contributed by atoms with Gasteiger partial charge in [0.25, 0.3) is 0 Å². The van der Waals surface area contributed by atoms with Crippen LogP contribution in [-0.2, 0) is 25.6 Å². The summed E-state index contributed by atoms with van der Waals surface area (Å²) in [6, 6.07) is 9.42. The third-order valence-corrected chi connectivity index (χ3v) is 2.51. The Morgan fingerprint density at radius 2 is 1.89 bits per heavy atom. The molecule has 0 saturated heterocycles. The van der Waals surface area contributed by atoms with Crippen LogP contribution in [0.15, 0.2) is 30.3 Å². The molecule has 0 bridgehead atoms. The largest absolute Gasteiger partial charge is 0.465 e. The Bertz CT molecular complexity index is 388. The minimum absolute atomic E-state index is 0.180. The van der Waals surface area contributed by atoms with Gasteiger partial charge in [-0.05, 0) is 25.3 Å². The summed E-state index contributed by atoms with van der Waals surface area (Å²) in [7, 11) is 0. The van der Waals surface area contributed by atoms with Gasteiger partial charge in [-0.2, -0.15) is 5.26 Å². The number of hydrogen-bond donors (Lipinski definition) is 1. The van der Waals surface area contributed by atoms with Crippen LogP contribution in [0.25, 0.3) is 0 Å². The van der Waals surface area contributed by atoms with Crippen molar-refractivity contribution < 1.29 is 24.5 Å². The van der Waals surface area contributed by atoms with Crippen LogP contribution >= 0.6 is 0 Å². The second-order valence-corrected chi connectivity index (χ2v) is 3.74. The third kappa shape index (κ3) is 4.18. The molecular formula is C13H16O5. The van der Waals surface area contributed by atoms with Crippen LogP contribution in [0, 0.1) is 5.92 Å². The van der Waals surface area contributed by atoms with Gasteiger partial charge in [-0.25, -0.2) is 4.79 Å². The molecule has 0 amide bonds. The van der Waals surface area contributed by atoms with Crippen molar-refractivity contribution in [1.29, 1.82) is 0 Å². The van der Waals surface area contributed by atoms with Crippen LogP contribution in [0.3, 0.4) is 0 Å². The number of esters is 1. The van der Waals surface area contributed by atoms with Crippen molar-refractivity contribution in [3.8, 4) is 0 Å². The number of rotatable bonds is 6. The van der Waals surface area contributed by atoms with Crippen LogP contribution in [0.2, 0.25) is 0 Å². The van der Waals surface area contributed by atoms with E-state index in [2.05, 4.69) is 4.89 Å². The number of aryl methyl sites for hydroxylation is 1. The van der Waals surface area contributed by atoms with E-state index in [0.717, 1.165) is 5.56 Å². The number of benzene rings is 1. The molecule has 0 spiro atoms. The molecule has 0 unspecified atom stereocenters. The molecule has 0 radical (unpaired) electrons. The standard InChI is InChI=1S/C13H16O5/c1-2-17-12(14)11(13(15)18-16)9-8-10-6-4-3-5-7-10/h3-7,11,16H,2,8-9H2,1H3/t11-/m1/s1. The van der Waals surface area contributed by atoms with Crippen LogP contribution in [-0.4, -0.2) is 23.8 Å². The molecule has 1 aromatic carbocycles. The Morgan fingerprint density at radius 1 is 1.22 bits per heavy atom. The SMILES string of the molecule is CCOC(=O)[C@@H](CCc1ccccc1)C(=O)OO. The van der Waals surface area contributed by atoms with Gasteiger partial charge in [-0.15, -0.1) is 0 Å². The molecule has 0 aliphatic rings. The molecule has 1 rings (SSSR count). The zero-order chi connectivity index (χ0) is 13.4. The van der Waals surface area contributed by atoms with Gasteiger partial charge in [0.15, 0.2) is 5.92 Å². The molecule has 0 aliphatic heterocycles. The molecule has 0 aromatic heterocycles. The average Bonchev–Trinajstić information content (AvgIpc) is 2.40. The van der Waals surface area contributed by atoms with E-state index < -0.39 is 17.9 Å². The molecular weight excluding hydrogens is 236 g/mol. The van der Waals surface area contributed by atoms with E-state index in [0.29, 0.717) is 6.42 Å². The molecule has 1 aromatic rings. The molecule has 0 saturated carbocycles. The molecule has 98 valence electrons. The van der Waals surface area contributed by atoms with Gasteiger partial charge in [0.2, 0.25) is 0 Å². The Labute approximate surface area is 105 Å². The van der Waals surface area contributed by atoms with E-state index in [1.165, 1.54) is 0 Å². The second kappa shape index (κ2) is 7.45. The minimum atomic E-state index is -1.09. The summed E-state index contributed by atoms with van der Waals surface area (Å²) in [4.78, 5) is 26.4. The summed E-state index contributed by atoms with van der Waals surface area (Å²) < 4.78 is 4.76. The normalized spacial score (nSPS) is 11.7. The Kier molecular flexibility index (Phi) is 5.87. The fourth-order valence-corrected chi connectivity index (χ4v) is 1.59. The highest BCUT2D eigenvalue weighted by atomic mass is 17.1. The predicted octanol–water partition coefficient (Wildman–Crippen LogP) is 1.81. The first kappa shape index (κ1) is 14.2. The quantitative estimate of drug-likeness (QED) is 0.362. The van der Waals surface area contributed by atoms with Gasteiger partial charge in [0.05, 0.1) is 6.61 Å². The lowest BCUT2D eigenvalue weighted by Crippen LogP contribution is -2.28. The van der Waals surface area contributed by atoms with Crippen molar-refractivity contribution in [2.45, 2.75) is 19.8 Å². The van der Waals surface area contributed by atoms with Gasteiger partial charge < -0.3 is 9.62 Å². The molecule has 0 heterocycles. The highest BCUT2D eigenvalue weighted by Crippen LogP contribution is 2.13. The summed E-state index contributed by atoms with van der Waals surface area (Å²) in [5, 5.41) is 8.36. The molecule has 1 atom stereocenters. The molecule has 5 heteroatoms. The summed E-state index contributed by atoms with van der Waals surface area (Å²) in [5.74, 6) is -2.74. The third-order valence-electron chi connectivity index (χ3n) is 2.51. The fourth-order valence-electron chi connectivity index (χ4n) is 1.59. The van der Waals surface area contributed by atoms with Crippen molar-refractivity contribution in [2.75, 3.05) is 6.61 Å². The molecule has 5 nitrogen and oxygen atoms in total. The van der Waals surface area contributed by atoms with Gasteiger partial charge in [-0.3, -0.25) is 4.79 Å². The molecule has 0 fully saturated rings. The van der Waals surface area contributed by atoms with E-state index >= 15 is 0 Å². The van der Waals surface area contributed by atoms with E-state index in [-0.39, 0.29) is 13.0 Å². The van der Waals surface area contributed by atoms with Crippen molar-refractivity contribution in [2.24, 2.45) is 5.92 Å². The number of carbonyl (C=O) groups is 2. The molecule has 0 aliphatic carbocycles. The monoisotopic (exact) mass is 252 g/mol. The van der Waals surface area contributed by atoms with Gasteiger partial charge in [0.1, 0.15) is 0 Å². The maximum absolute atomic E-state index is 11.5. The zero-order valence-corrected chi connectivity index (χ0v) is 10.2. The smallest absolute Gasteiger partial charge is 0.356 e. The molecule has 1 N–H and O–H groups in total. The van der Waals surface area contributed by atoms with E-state index in [1.807, 2.05) is 30.3 Å². The number of hydrogen-bond acceptors (Lipinski definition) is 5. The molecule has 18 heavy (non-hydrogen) atoms. The van der Waals surface area contributed by atoms with E-state index in [1.54, 1.807) is 6.92 Å². The Morgan fingerprint density at radius 3 is 2.44 bits per heavy atom. The van der Waals surface area contributed by atoms with Gasteiger partial charge in [-0.1, -0.05) is 30.3 Å². The first-order valence-corrected chi connectivity index (χ1v) is 5.74. The van der Waals surface area contributed by atoms with Gasteiger partial charge in [0, 0.05) is 0 Å². The highest BCUT2D eigenvalue weighted by Gasteiger charge is 2.29. The lowest BCUT2D eigenvalue weighted by Gasteiger charge is -2.11. The zero-order valence-electron chi connectivity index (χ0n) is 10.2. The number of ether oxygens (including phenoxy) is 1. The first-order valence-electron chi connectivity index (χ1n) is 5.74. The van der Waals surface area contributed by atoms with Crippen LogP contribution in [0.4, 0.5) is 0 Å². The topological polar surface area (TPSA) is 72.8 Å². The Hall–Kier alpha value is -1.88. The maximum atomic E-state index is 11.5. The highest BCUT2D eigenvalue weighted by molar-refractivity contribution is 5.94. The average molecular weight is 252 g/mol. The van der Waals surface area contributed by atoms with Gasteiger partial charge >= 0.3 is 11.9 Å². The van der Waals surface area contributed by atoms with E-state index in [9.17, 15) is 9.59 Å². The summed E-state index contributed by atoms with van der Waals surface area (Å²) in [5.41, 5.74) is 0.998. The summed E-state index contributed by atoms with van der Waals surface area (Å²) >= 11 is 0. The van der Waals surface area contributed by atoms with Crippen LogP contribution < -0.4 is 0 Å². The minimum Gasteiger partial charge on any atom is -0.465 e. The van der Waals surface area contributed by atoms with Crippen LogP contribution in [0.5, 0.6) is 0 Å². The van der Waals surface area contributed by atoms with Crippen molar-refractivity contribution >= 4 is 11.9 Å². The second-order valence-electron chi connectivity index (χ2n) is 3.74. The van der Waals surface area contributed by atoms with Crippen LogP contribution in [0.1, 0.15) is 18.9 Å². The Balaban J connectivity index is 2.62. The van der Waals surface area contributed by atoms with E-state index in [4.69, 9.17) is 9.99 Å². The predicted molar refractivity (Wildman–Crippen MR) is 63.6 cm³/mol. The summed E-state index contributed by atoms with van der Waals surface area (Å²) in [6.07, 6.45) is 0.766. The van der Waals surface area contributed by atoms with Crippen molar-refractivity contribution in [3.63, 3.8) is 0 Å². The van der Waals surface area contributed by atoms with Crippen molar-refractivity contribution in [3.05, 3.63) is 35.9 Å². The fraction of sp³-hybridized carbons (Fsp3) is 0.385. The lowest BCUT2D eigenvalue weighted by atomic mass is 10.00. The summed E-state index contributed by atoms with van der Waals surface area (Å²) in [6.45, 7) is 1.83.